The van der Waals surface area contributed by atoms with Gasteiger partial charge in [-0.3, -0.25) is 14.9 Å². The van der Waals surface area contributed by atoms with Crippen molar-refractivity contribution < 1.29 is 14.0 Å². The molecule has 7 heteroatoms. The van der Waals surface area contributed by atoms with Crippen molar-refractivity contribution in [3.63, 3.8) is 0 Å². The lowest BCUT2D eigenvalue weighted by molar-refractivity contribution is -0.115. The minimum absolute atomic E-state index is 0.0528. The van der Waals surface area contributed by atoms with E-state index in [1.54, 1.807) is 42.5 Å². The van der Waals surface area contributed by atoms with Gasteiger partial charge in [-0.25, -0.2) is 4.39 Å². The summed E-state index contributed by atoms with van der Waals surface area (Å²) in [6, 6.07) is 22.2. The zero-order valence-electron chi connectivity index (χ0n) is 16.5. The van der Waals surface area contributed by atoms with Crippen LogP contribution in [0, 0.1) is 5.82 Å². The summed E-state index contributed by atoms with van der Waals surface area (Å²) in [5.41, 5.74) is 2.53. The van der Waals surface area contributed by atoms with Crippen molar-refractivity contribution in [2.45, 2.75) is 6.54 Å². The molecule has 0 aliphatic heterocycles. The maximum absolute atomic E-state index is 12.9. The van der Waals surface area contributed by atoms with Crippen molar-refractivity contribution in [3.05, 3.63) is 107 Å². The number of amides is 2. The Balaban J connectivity index is 1.57. The van der Waals surface area contributed by atoms with E-state index in [2.05, 4.69) is 16.0 Å². The van der Waals surface area contributed by atoms with Crippen LogP contribution in [0.15, 0.2) is 84.9 Å². The number of carbonyl (C=O) groups excluding carboxylic acids is 2. The topological polar surface area (TPSA) is 70.2 Å². The van der Waals surface area contributed by atoms with E-state index >= 15 is 0 Å². The van der Waals surface area contributed by atoms with Gasteiger partial charge < -0.3 is 10.6 Å². The predicted molar refractivity (Wildman–Crippen MR) is 124 cm³/mol. The highest BCUT2D eigenvalue weighted by Crippen LogP contribution is 2.15. The Morgan fingerprint density at radius 1 is 0.903 bits per heavy atom. The molecule has 0 fully saturated rings. The first-order chi connectivity index (χ1) is 15.0. The molecule has 0 spiro atoms. The normalized spacial score (nSPS) is 10.5. The lowest BCUT2D eigenvalue weighted by atomic mass is 10.1. The van der Waals surface area contributed by atoms with Crippen LogP contribution < -0.4 is 16.0 Å². The van der Waals surface area contributed by atoms with E-state index in [4.69, 9.17) is 12.2 Å². The summed E-state index contributed by atoms with van der Waals surface area (Å²) in [4.78, 5) is 24.7. The van der Waals surface area contributed by atoms with Gasteiger partial charge in [0, 0.05) is 12.6 Å². The molecule has 0 heterocycles. The molecule has 2 amide bonds. The van der Waals surface area contributed by atoms with Crippen molar-refractivity contribution >= 4 is 40.9 Å². The highest BCUT2D eigenvalue weighted by Gasteiger charge is 2.12. The number of anilines is 1. The van der Waals surface area contributed by atoms with Crippen LogP contribution in [-0.4, -0.2) is 16.9 Å². The number of carbonyl (C=O) groups is 2. The van der Waals surface area contributed by atoms with Gasteiger partial charge in [0.2, 0.25) is 5.91 Å². The number of hydrogen-bond acceptors (Lipinski definition) is 3. The molecule has 0 atom stereocenters. The summed E-state index contributed by atoms with van der Waals surface area (Å²) in [6.45, 7) is 0.392. The molecular weight excluding hydrogens is 413 g/mol. The number of halogens is 1. The van der Waals surface area contributed by atoms with Crippen LogP contribution in [-0.2, 0) is 11.3 Å². The third kappa shape index (κ3) is 6.87. The van der Waals surface area contributed by atoms with E-state index in [1.807, 2.05) is 30.3 Å². The largest absolute Gasteiger partial charge is 0.348 e. The monoisotopic (exact) mass is 433 g/mol. The quantitative estimate of drug-likeness (QED) is 0.401. The van der Waals surface area contributed by atoms with Gasteiger partial charge in [0.1, 0.15) is 5.82 Å². The minimum Gasteiger partial charge on any atom is -0.348 e. The molecule has 3 rings (SSSR count). The number of nitrogens with one attached hydrogen (secondary N) is 3. The maximum Gasteiger partial charge on any atom is 0.253 e. The fourth-order valence-electron chi connectivity index (χ4n) is 2.72. The van der Waals surface area contributed by atoms with Crippen LogP contribution in [0.5, 0.6) is 0 Å². The number of rotatable bonds is 6. The Morgan fingerprint density at radius 2 is 1.58 bits per heavy atom. The van der Waals surface area contributed by atoms with Gasteiger partial charge in [-0.2, -0.15) is 0 Å². The summed E-state index contributed by atoms with van der Waals surface area (Å²) in [6.07, 6.45) is 2.84. The molecule has 3 N–H and O–H groups in total. The first-order valence-corrected chi connectivity index (χ1v) is 9.89. The Hall–Kier alpha value is -3.84. The summed E-state index contributed by atoms with van der Waals surface area (Å²) in [5, 5.41) is 8.32. The summed E-state index contributed by atoms with van der Waals surface area (Å²) >= 11 is 5.19. The van der Waals surface area contributed by atoms with Crippen LogP contribution in [0.3, 0.4) is 0 Å². The Bertz CT molecular complexity index is 1100. The minimum atomic E-state index is -0.451. The number of hydrogen-bond donors (Lipinski definition) is 3. The molecule has 3 aromatic carbocycles. The summed E-state index contributed by atoms with van der Waals surface area (Å²) in [7, 11) is 0. The second-order valence-corrected chi connectivity index (χ2v) is 6.95. The van der Waals surface area contributed by atoms with Gasteiger partial charge in [0.05, 0.1) is 11.3 Å². The van der Waals surface area contributed by atoms with Crippen molar-refractivity contribution in [2.75, 3.05) is 5.32 Å². The Morgan fingerprint density at radius 3 is 2.32 bits per heavy atom. The van der Waals surface area contributed by atoms with Gasteiger partial charge in [-0.05, 0) is 53.7 Å². The lowest BCUT2D eigenvalue weighted by Crippen LogP contribution is -2.33. The van der Waals surface area contributed by atoms with Crippen LogP contribution in [0.1, 0.15) is 21.5 Å². The van der Waals surface area contributed by atoms with Crippen molar-refractivity contribution in [1.82, 2.24) is 10.6 Å². The van der Waals surface area contributed by atoms with Gasteiger partial charge in [0.15, 0.2) is 5.11 Å². The van der Waals surface area contributed by atoms with Gasteiger partial charge in [0.25, 0.3) is 5.91 Å². The smallest absolute Gasteiger partial charge is 0.253 e. The van der Waals surface area contributed by atoms with E-state index in [-0.39, 0.29) is 16.8 Å². The van der Waals surface area contributed by atoms with E-state index in [0.717, 1.165) is 5.56 Å². The molecule has 0 radical (unpaired) electrons. The van der Waals surface area contributed by atoms with Gasteiger partial charge in [-0.1, -0.05) is 54.6 Å². The molecule has 0 saturated heterocycles. The summed E-state index contributed by atoms with van der Waals surface area (Å²) in [5.74, 6) is -1.07. The molecule has 0 aromatic heterocycles. The van der Waals surface area contributed by atoms with Crippen LogP contribution in [0.25, 0.3) is 6.08 Å². The van der Waals surface area contributed by atoms with E-state index < -0.39 is 5.91 Å². The molecular formula is C24H20FN3O2S. The second-order valence-electron chi connectivity index (χ2n) is 6.54. The number of para-hydroxylation sites is 1. The van der Waals surface area contributed by atoms with Crippen LogP contribution >= 0.6 is 12.2 Å². The SMILES string of the molecule is O=C(C=Cc1ccc(F)cc1)NC(=S)Nc1ccccc1C(=O)NCc1ccccc1. The van der Waals surface area contributed by atoms with Gasteiger partial charge >= 0.3 is 0 Å². The van der Waals surface area contributed by atoms with E-state index in [9.17, 15) is 14.0 Å². The van der Waals surface area contributed by atoms with Crippen molar-refractivity contribution in [3.8, 4) is 0 Å². The van der Waals surface area contributed by atoms with Crippen LogP contribution in [0.2, 0.25) is 0 Å². The van der Waals surface area contributed by atoms with Crippen molar-refractivity contribution in [2.24, 2.45) is 0 Å². The third-order valence-corrected chi connectivity index (χ3v) is 4.45. The average Bonchev–Trinajstić information content (AvgIpc) is 2.78. The summed E-state index contributed by atoms with van der Waals surface area (Å²) < 4.78 is 12.9. The molecule has 156 valence electrons. The molecule has 31 heavy (non-hydrogen) atoms. The molecule has 0 unspecified atom stereocenters. The molecule has 0 aliphatic carbocycles. The number of benzene rings is 3. The Kier molecular flexibility index (Phi) is 7.61. The standard InChI is InChI=1S/C24H20FN3O2S/c25-19-13-10-17(11-14-19)12-15-22(29)28-24(31)27-21-9-5-4-8-20(21)23(30)26-16-18-6-2-1-3-7-18/h1-15H,16H2,(H,26,30)(H2,27,28,29,31). The zero-order chi connectivity index (χ0) is 22.1. The molecule has 3 aromatic rings. The van der Waals surface area contributed by atoms with E-state index in [0.29, 0.717) is 23.4 Å². The van der Waals surface area contributed by atoms with Gasteiger partial charge in [-0.15, -0.1) is 0 Å². The highest BCUT2D eigenvalue weighted by molar-refractivity contribution is 7.80. The first kappa shape index (κ1) is 21.9. The third-order valence-electron chi connectivity index (χ3n) is 4.25. The van der Waals surface area contributed by atoms with Crippen LogP contribution in [0.4, 0.5) is 10.1 Å². The fraction of sp³-hybridized carbons (Fsp3) is 0.0417. The second kappa shape index (κ2) is 10.8. The molecule has 0 saturated carbocycles. The average molecular weight is 434 g/mol. The predicted octanol–water partition coefficient (Wildman–Crippen LogP) is 4.28. The first-order valence-electron chi connectivity index (χ1n) is 9.48. The fourth-order valence-corrected chi connectivity index (χ4v) is 2.93. The molecule has 0 bridgehead atoms. The maximum atomic E-state index is 12.9. The lowest BCUT2D eigenvalue weighted by Gasteiger charge is -2.13. The molecule has 0 aliphatic rings. The zero-order valence-corrected chi connectivity index (χ0v) is 17.3. The highest BCUT2D eigenvalue weighted by atomic mass is 32.1. The molecule has 5 nitrogen and oxygen atoms in total. The van der Waals surface area contributed by atoms with Crippen molar-refractivity contribution in [1.29, 1.82) is 0 Å². The number of thiocarbonyl (C=S) groups is 1. The van der Waals surface area contributed by atoms with E-state index in [1.165, 1.54) is 18.2 Å². The Labute approximate surface area is 185 Å².